The second-order valence-electron chi connectivity index (χ2n) is 7.16. The largest absolute Gasteiger partial charge is 0.352 e. The third-order valence-electron chi connectivity index (χ3n) is 4.65. The first-order chi connectivity index (χ1) is 12.3. The summed E-state index contributed by atoms with van der Waals surface area (Å²) < 4.78 is 14.5. The second kappa shape index (κ2) is 7.72. The average Bonchev–Trinajstić information content (AvgIpc) is 3.09. The van der Waals surface area contributed by atoms with Crippen LogP contribution in [0.2, 0.25) is 0 Å². The molecule has 1 aliphatic rings. The molecule has 0 radical (unpaired) electrons. The maximum absolute atomic E-state index is 12.1. The monoisotopic (exact) mass is 381 g/mol. The van der Waals surface area contributed by atoms with E-state index in [-0.39, 0.29) is 29.9 Å². The summed E-state index contributed by atoms with van der Waals surface area (Å²) in [4.78, 5) is 23.6. The van der Waals surface area contributed by atoms with Crippen molar-refractivity contribution in [2.24, 2.45) is 5.92 Å². The van der Waals surface area contributed by atoms with Gasteiger partial charge < -0.3 is 14.2 Å². The Hall–Kier alpha value is -1.34. The first kappa shape index (κ1) is 19.4. The van der Waals surface area contributed by atoms with Crippen LogP contribution in [-0.4, -0.2) is 44.4 Å². The number of aromatic amines is 1. The van der Waals surface area contributed by atoms with Crippen LogP contribution in [0, 0.1) is 12.8 Å². The van der Waals surface area contributed by atoms with E-state index >= 15 is 0 Å². The maximum atomic E-state index is 12.1. The summed E-state index contributed by atoms with van der Waals surface area (Å²) in [6.45, 7) is 12.3. The van der Waals surface area contributed by atoms with Gasteiger partial charge in [0.2, 0.25) is 0 Å². The Kier molecular flexibility index (Phi) is 5.77. The van der Waals surface area contributed by atoms with Crippen molar-refractivity contribution < 1.29 is 9.26 Å². The lowest BCUT2D eigenvalue weighted by Gasteiger charge is -2.27. The molecule has 0 amide bonds. The quantitative estimate of drug-likeness (QED) is 0.747. The highest BCUT2D eigenvalue weighted by atomic mass is 31.2. The molecule has 0 aliphatic carbocycles. The summed E-state index contributed by atoms with van der Waals surface area (Å²) >= 11 is 0. The van der Waals surface area contributed by atoms with Crippen molar-refractivity contribution in [3.05, 3.63) is 22.5 Å². The predicted molar refractivity (Wildman–Crippen MR) is 102 cm³/mol. The summed E-state index contributed by atoms with van der Waals surface area (Å²) in [6.07, 6.45) is 2.13. The van der Waals surface area contributed by atoms with Crippen LogP contribution in [0.5, 0.6) is 0 Å². The van der Waals surface area contributed by atoms with Crippen LogP contribution in [0.25, 0.3) is 11.2 Å². The Morgan fingerprint density at radius 1 is 1.50 bits per heavy atom. The number of nitrogens with zero attached hydrogens (tertiary/aromatic N) is 3. The highest BCUT2D eigenvalue weighted by Gasteiger charge is 2.44. The van der Waals surface area contributed by atoms with Gasteiger partial charge in [0.1, 0.15) is 11.9 Å². The second-order valence-corrected chi connectivity index (χ2v) is 8.62. The van der Waals surface area contributed by atoms with Crippen LogP contribution in [0.4, 0.5) is 0 Å². The summed E-state index contributed by atoms with van der Waals surface area (Å²) in [5.41, 5.74) is 0.622. The molecule has 1 saturated heterocycles. The molecular formula is C17H28N5O3P. The van der Waals surface area contributed by atoms with Gasteiger partial charge in [0.25, 0.3) is 5.56 Å². The smallest absolute Gasteiger partial charge is 0.279 e. The molecule has 0 bridgehead atoms. The molecule has 2 N–H and O–H groups in total. The number of hydrogen-bond acceptors (Lipinski definition) is 6. The Balaban J connectivity index is 1.97. The molecular weight excluding hydrogens is 353 g/mol. The van der Waals surface area contributed by atoms with E-state index in [0.717, 1.165) is 6.42 Å². The fourth-order valence-corrected chi connectivity index (χ4v) is 4.94. The fraction of sp³-hybridized carbons (Fsp3) is 0.706. The van der Waals surface area contributed by atoms with Gasteiger partial charge in [-0.15, -0.1) is 0 Å². The molecule has 9 heteroatoms. The third kappa shape index (κ3) is 3.69. The van der Waals surface area contributed by atoms with E-state index in [0.29, 0.717) is 23.0 Å². The van der Waals surface area contributed by atoms with Gasteiger partial charge in [-0.05, 0) is 33.9 Å². The molecule has 2 unspecified atom stereocenters. The number of nitrogens with one attached hydrogen (secondary N) is 2. The van der Waals surface area contributed by atoms with Crippen molar-refractivity contribution >= 4 is 19.5 Å². The van der Waals surface area contributed by atoms with E-state index < -0.39 is 8.30 Å². The minimum Gasteiger partial charge on any atom is -0.352 e. The predicted octanol–water partition coefficient (Wildman–Crippen LogP) is 2.70. The lowest BCUT2D eigenvalue weighted by molar-refractivity contribution is -0.0275. The summed E-state index contributed by atoms with van der Waals surface area (Å²) in [5, 5.41) is 3.44. The Morgan fingerprint density at radius 3 is 2.88 bits per heavy atom. The van der Waals surface area contributed by atoms with Crippen LogP contribution in [0.15, 0.2) is 11.1 Å². The Labute approximate surface area is 154 Å². The van der Waals surface area contributed by atoms with Crippen molar-refractivity contribution in [2.75, 3.05) is 6.66 Å². The normalized spacial score (nSPS) is 27.5. The van der Waals surface area contributed by atoms with Gasteiger partial charge in [0, 0.05) is 12.0 Å². The van der Waals surface area contributed by atoms with Gasteiger partial charge in [-0.25, -0.2) is 9.97 Å². The summed E-state index contributed by atoms with van der Waals surface area (Å²) in [7, 11) is -0.792. The van der Waals surface area contributed by atoms with E-state index in [1.807, 2.05) is 4.57 Å². The zero-order chi connectivity index (χ0) is 19.0. The minimum absolute atomic E-state index is 0.0907. The van der Waals surface area contributed by atoms with Gasteiger partial charge in [-0.2, -0.15) is 0 Å². The maximum Gasteiger partial charge on any atom is 0.279 e. The van der Waals surface area contributed by atoms with Crippen LogP contribution >= 0.6 is 8.30 Å². The number of fused-ring (bicyclic) bond motifs is 1. The third-order valence-corrected chi connectivity index (χ3v) is 6.09. The zero-order valence-electron chi connectivity index (χ0n) is 16.2. The van der Waals surface area contributed by atoms with Crippen LogP contribution < -0.4 is 10.6 Å². The average molecular weight is 381 g/mol. The first-order valence-electron chi connectivity index (χ1n) is 9.07. The molecule has 2 aromatic rings. The highest BCUT2D eigenvalue weighted by molar-refractivity contribution is 7.49. The SMILES string of the molecule is CC[C@H]1O[C@@H](n2cnc3c(=O)[nH]c(C)nc32)[C@@H](OP(C)NC(C)C)C1C. The molecule has 3 rings (SSSR count). The standard InChI is InChI=1S/C17H28N5O3P/c1-7-12-10(4)14(25-26(6)21-9(2)3)17(24-12)22-8-18-13-15(22)19-11(5)20-16(13)23/h8-10,12,14,17,21H,7H2,1-6H3,(H,19,20,23)/t10?,12-,14+,17-,26?/m1/s1. The Bertz CT molecular complexity index is 820. The van der Waals surface area contributed by atoms with Crippen LogP contribution in [0.1, 0.15) is 46.2 Å². The van der Waals surface area contributed by atoms with Gasteiger partial charge >= 0.3 is 0 Å². The van der Waals surface area contributed by atoms with Gasteiger partial charge in [0.15, 0.2) is 17.4 Å². The molecule has 144 valence electrons. The van der Waals surface area contributed by atoms with Crippen molar-refractivity contribution in [1.29, 1.82) is 0 Å². The van der Waals surface area contributed by atoms with E-state index in [1.165, 1.54) is 0 Å². The molecule has 0 spiro atoms. The molecule has 5 atom stereocenters. The summed E-state index contributed by atoms with van der Waals surface area (Å²) in [5.74, 6) is 0.781. The molecule has 8 nitrogen and oxygen atoms in total. The van der Waals surface area contributed by atoms with E-state index in [9.17, 15) is 4.79 Å². The Morgan fingerprint density at radius 2 is 2.23 bits per heavy atom. The molecule has 2 aromatic heterocycles. The fourth-order valence-electron chi connectivity index (χ4n) is 3.49. The van der Waals surface area contributed by atoms with Crippen molar-refractivity contribution in [3.63, 3.8) is 0 Å². The molecule has 0 aromatic carbocycles. The summed E-state index contributed by atoms with van der Waals surface area (Å²) in [6, 6.07) is 0.348. The highest BCUT2D eigenvalue weighted by Crippen LogP contribution is 2.44. The van der Waals surface area contributed by atoms with E-state index in [1.54, 1.807) is 13.3 Å². The van der Waals surface area contributed by atoms with E-state index in [4.69, 9.17) is 9.26 Å². The van der Waals surface area contributed by atoms with Gasteiger partial charge in [-0.3, -0.25) is 14.4 Å². The van der Waals surface area contributed by atoms with Crippen molar-refractivity contribution in [3.8, 4) is 0 Å². The van der Waals surface area contributed by atoms with Gasteiger partial charge in [0.05, 0.1) is 20.7 Å². The number of ether oxygens (including phenoxy) is 1. The van der Waals surface area contributed by atoms with Crippen LogP contribution in [-0.2, 0) is 9.26 Å². The number of rotatable bonds is 6. The number of H-pyrrole nitrogens is 1. The zero-order valence-corrected chi connectivity index (χ0v) is 17.1. The van der Waals surface area contributed by atoms with Crippen molar-refractivity contribution in [2.45, 2.75) is 65.5 Å². The number of aryl methyl sites for hydroxylation is 1. The molecule has 3 heterocycles. The molecule has 26 heavy (non-hydrogen) atoms. The molecule has 1 fully saturated rings. The topological polar surface area (TPSA) is 94.1 Å². The van der Waals surface area contributed by atoms with E-state index in [2.05, 4.69) is 54.4 Å². The lowest BCUT2D eigenvalue weighted by Crippen LogP contribution is -2.29. The first-order valence-corrected chi connectivity index (χ1v) is 10.8. The van der Waals surface area contributed by atoms with Gasteiger partial charge in [-0.1, -0.05) is 13.8 Å². The van der Waals surface area contributed by atoms with Crippen molar-refractivity contribution in [1.82, 2.24) is 24.6 Å². The molecule has 0 saturated carbocycles. The number of hydrogen-bond donors (Lipinski definition) is 2. The number of imidazole rings is 1. The minimum atomic E-state index is -0.792. The molecule has 1 aliphatic heterocycles. The van der Waals surface area contributed by atoms with Crippen LogP contribution in [0.3, 0.4) is 0 Å². The lowest BCUT2D eigenvalue weighted by atomic mass is 9.99. The number of aromatic nitrogens is 4.